The lowest BCUT2D eigenvalue weighted by atomic mass is 10.1. The number of amides is 2. The van der Waals surface area contributed by atoms with E-state index in [4.69, 9.17) is 15.0 Å². The molecule has 0 atom stereocenters. The zero-order valence-electron chi connectivity index (χ0n) is 33.3. The van der Waals surface area contributed by atoms with Crippen LogP contribution in [0.15, 0.2) is 134 Å². The number of benzene rings is 4. The van der Waals surface area contributed by atoms with Gasteiger partial charge in [-0.3, -0.25) is 14.3 Å². The van der Waals surface area contributed by atoms with Gasteiger partial charge in [0.15, 0.2) is 11.6 Å². The van der Waals surface area contributed by atoms with Crippen molar-refractivity contribution < 1.29 is 9.59 Å². The van der Waals surface area contributed by atoms with Crippen LogP contribution < -0.4 is 10.6 Å². The van der Waals surface area contributed by atoms with Crippen LogP contribution in [0.3, 0.4) is 0 Å². The van der Waals surface area contributed by atoms with Crippen molar-refractivity contribution in [1.29, 1.82) is 0 Å². The maximum absolute atomic E-state index is 13.8. The zero-order valence-corrected chi connectivity index (χ0v) is 33.3. The summed E-state index contributed by atoms with van der Waals surface area (Å²) < 4.78 is 5.25. The summed E-state index contributed by atoms with van der Waals surface area (Å²) in [6.45, 7) is 3.85. The van der Waals surface area contributed by atoms with Gasteiger partial charge in [0.05, 0.1) is 51.6 Å². The number of pyridine rings is 1. The van der Waals surface area contributed by atoms with Gasteiger partial charge >= 0.3 is 0 Å². The van der Waals surface area contributed by atoms with Gasteiger partial charge in [-0.25, -0.2) is 24.3 Å². The van der Waals surface area contributed by atoms with Crippen molar-refractivity contribution in [3.05, 3.63) is 167 Å². The Bertz CT molecular complexity index is 3260. The molecular weight excluding hydrogens is 767 g/mol. The lowest BCUT2D eigenvalue weighted by molar-refractivity contribution is 0.101. The number of carbonyl (C=O) groups excluding carboxylic acids is 2. The standard InChI is InChI=1S/C46H37N13O2/c1-27-23-30(49-39(24-27)52-45(60)33-11-7-13-35-41(33)54-43(50-35)37-19-21-47-58(37)31-9-5-4-6-10-31)26-29-15-17-32(18-16-29)59-38(20-22-48-59)44-51-36-14-8-12-34(42(36)55-44)46(61)53-40-25-28(2)56-57(40)3/h4-25H,26H2,1-3H3,(H,50,54)(H,51,55)(H,53,61)(H,49,52,60). The summed E-state index contributed by atoms with van der Waals surface area (Å²) in [7, 11) is 1.78. The normalized spacial score (nSPS) is 11.4. The van der Waals surface area contributed by atoms with Crippen molar-refractivity contribution in [2.24, 2.45) is 7.05 Å². The first-order chi connectivity index (χ1) is 29.7. The van der Waals surface area contributed by atoms with Crippen LogP contribution in [-0.2, 0) is 13.5 Å². The number of anilines is 2. The number of rotatable bonds is 10. The number of para-hydroxylation sites is 3. The Hall–Kier alpha value is -8.46. The minimum atomic E-state index is -0.313. The molecular formula is C46H37N13O2. The number of imidazole rings is 2. The SMILES string of the molecule is Cc1cc(Cc2ccc(-n3nccc3-c3nc4c(C(=O)Nc5cc(C)nn5C)cccc4[nH]3)cc2)nc(NC(=O)c2cccc3[nH]c(-c4ccnn4-c4ccccc4)nc23)c1. The molecule has 0 radical (unpaired) electrons. The molecule has 6 heterocycles. The molecule has 61 heavy (non-hydrogen) atoms. The second kappa shape index (κ2) is 15.0. The van der Waals surface area contributed by atoms with Crippen molar-refractivity contribution in [3.63, 3.8) is 0 Å². The molecule has 0 unspecified atom stereocenters. The van der Waals surface area contributed by atoms with Crippen LogP contribution in [0.2, 0.25) is 0 Å². The number of carbonyl (C=O) groups is 2. The molecule has 10 rings (SSSR count). The van der Waals surface area contributed by atoms with Crippen LogP contribution in [0.1, 0.15) is 43.2 Å². The number of nitrogens with zero attached hydrogens (tertiary/aromatic N) is 9. The summed E-state index contributed by atoms with van der Waals surface area (Å²) in [6, 6.07) is 38.3. The Labute approximate surface area is 348 Å². The predicted molar refractivity (Wildman–Crippen MR) is 233 cm³/mol. The smallest absolute Gasteiger partial charge is 0.259 e. The third-order valence-electron chi connectivity index (χ3n) is 10.4. The first kappa shape index (κ1) is 36.9. The fraction of sp³-hybridized carbons (Fsp3) is 0.0870. The maximum Gasteiger partial charge on any atom is 0.259 e. The van der Waals surface area contributed by atoms with E-state index in [-0.39, 0.29) is 11.8 Å². The number of hydrogen-bond acceptors (Lipinski definition) is 8. The van der Waals surface area contributed by atoms with Crippen LogP contribution >= 0.6 is 0 Å². The van der Waals surface area contributed by atoms with E-state index in [9.17, 15) is 9.59 Å². The Morgan fingerprint density at radius 1 is 0.623 bits per heavy atom. The van der Waals surface area contributed by atoms with Crippen LogP contribution in [0, 0.1) is 13.8 Å². The number of H-pyrrole nitrogens is 2. The zero-order chi connectivity index (χ0) is 41.6. The second-order valence-corrected chi connectivity index (χ2v) is 14.7. The third-order valence-corrected chi connectivity index (χ3v) is 10.4. The number of fused-ring (bicyclic) bond motifs is 2. The lowest BCUT2D eigenvalue weighted by Crippen LogP contribution is -2.15. The van der Waals surface area contributed by atoms with Gasteiger partial charge in [0.25, 0.3) is 11.8 Å². The molecule has 0 aliphatic rings. The summed E-state index contributed by atoms with van der Waals surface area (Å²) in [6.07, 6.45) is 3.98. The van der Waals surface area contributed by atoms with Gasteiger partial charge in [0, 0.05) is 25.2 Å². The minimum absolute atomic E-state index is 0.279. The van der Waals surface area contributed by atoms with E-state index in [1.807, 2.05) is 128 Å². The lowest BCUT2D eigenvalue weighted by Gasteiger charge is -2.10. The summed E-state index contributed by atoms with van der Waals surface area (Å²) in [5.41, 5.74) is 10.3. The quantitative estimate of drug-likeness (QED) is 0.107. The highest BCUT2D eigenvalue weighted by molar-refractivity contribution is 6.12. The molecule has 298 valence electrons. The van der Waals surface area contributed by atoms with Crippen LogP contribution in [0.4, 0.5) is 11.6 Å². The van der Waals surface area contributed by atoms with Crippen LogP contribution in [-0.4, -0.2) is 66.1 Å². The van der Waals surface area contributed by atoms with E-state index in [1.54, 1.807) is 40.9 Å². The van der Waals surface area contributed by atoms with Gasteiger partial charge < -0.3 is 20.6 Å². The third kappa shape index (κ3) is 7.09. The average molecular weight is 804 g/mol. The van der Waals surface area contributed by atoms with Crippen molar-refractivity contribution in [2.75, 3.05) is 10.6 Å². The molecule has 15 heteroatoms. The Morgan fingerprint density at radius 2 is 1.21 bits per heavy atom. The van der Waals surface area contributed by atoms with E-state index in [2.05, 4.69) is 35.9 Å². The van der Waals surface area contributed by atoms with Crippen molar-refractivity contribution in [2.45, 2.75) is 20.3 Å². The molecule has 10 aromatic rings. The molecule has 0 fully saturated rings. The molecule has 0 saturated carbocycles. The first-order valence-electron chi connectivity index (χ1n) is 19.6. The monoisotopic (exact) mass is 803 g/mol. The summed E-state index contributed by atoms with van der Waals surface area (Å²) >= 11 is 0. The highest BCUT2D eigenvalue weighted by Crippen LogP contribution is 2.28. The van der Waals surface area contributed by atoms with Gasteiger partial charge in [-0.2, -0.15) is 15.3 Å². The van der Waals surface area contributed by atoms with Crippen LogP contribution in [0.25, 0.3) is 56.5 Å². The Balaban J connectivity index is 0.854. The first-order valence-corrected chi connectivity index (χ1v) is 19.6. The maximum atomic E-state index is 13.8. The molecule has 0 bridgehead atoms. The number of aryl methyl sites for hydroxylation is 3. The molecule has 0 aliphatic carbocycles. The molecule has 0 aliphatic heterocycles. The van der Waals surface area contributed by atoms with Gasteiger partial charge in [-0.05, 0) is 97.8 Å². The predicted octanol–water partition coefficient (Wildman–Crippen LogP) is 7.99. The molecule has 15 nitrogen and oxygen atoms in total. The Kier molecular flexibility index (Phi) is 9.09. The van der Waals surface area contributed by atoms with Crippen molar-refractivity contribution in [1.82, 2.24) is 54.3 Å². The molecule has 0 spiro atoms. The minimum Gasteiger partial charge on any atom is -0.337 e. The van der Waals surface area contributed by atoms with E-state index in [0.717, 1.165) is 56.3 Å². The fourth-order valence-electron chi connectivity index (χ4n) is 7.57. The number of aromatic amines is 2. The largest absolute Gasteiger partial charge is 0.337 e. The number of hydrogen-bond donors (Lipinski definition) is 4. The number of aromatic nitrogens is 11. The van der Waals surface area contributed by atoms with Crippen molar-refractivity contribution >= 4 is 45.5 Å². The van der Waals surface area contributed by atoms with Crippen molar-refractivity contribution in [3.8, 4) is 34.4 Å². The summed E-state index contributed by atoms with van der Waals surface area (Å²) in [5, 5.41) is 19.4. The van der Waals surface area contributed by atoms with Crippen LogP contribution in [0.5, 0.6) is 0 Å². The second-order valence-electron chi connectivity index (χ2n) is 14.7. The average Bonchev–Trinajstić information content (AvgIpc) is 4.11. The van der Waals surface area contributed by atoms with Gasteiger partial charge in [0.2, 0.25) is 0 Å². The number of nitrogens with one attached hydrogen (secondary N) is 4. The molecule has 4 aromatic carbocycles. The molecule has 2 amide bonds. The van der Waals surface area contributed by atoms with E-state index in [1.165, 1.54) is 0 Å². The van der Waals surface area contributed by atoms with Gasteiger partial charge in [-0.15, -0.1) is 0 Å². The van der Waals surface area contributed by atoms with E-state index in [0.29, 0.717) is 51.9 Å². The highest BCUT2D eigenvalue weighted by Gasteiger charge is 2.20. The molecule has 6 aromatic heterocycles. The topological polar surface area (TPSA) is 182 Å². The molecule has 0 saturated heterocycles. The highest BCUT2D eigenvalue weighted by atomic mass is 16.2. The fourth-order valence-corrected chi connectivity index (χ4v) is 7.57. The Morgan fingerprint density at radius 3 is 1.80 bits per heavy atom. The summed E-state index contributed by atoms with van der Waals surface area (Å²) in [4.78, 5) is 48.4. The summed E-state index contributed by atoms with van der Waals surface area (Å²) in [5.74, 6) is 1.63. The van der Waals surface area contributed by atoms with E-state index >= 15 is 0 Å². The van der Waals surface area contributed by atoms with Gasteiger partial charge in [-0.1, -0.05) is 42.5 Å². The molecule has 4 N–H and O–H groups in total. The van der Waals surface area contributed by atoms with Gasteiger partial charge in [0.1, 0.15) is 34.1 Å². The van der Waals surface area contributed by atoms with E-state index < -0.39 is 0 Å².